The van der Waals surface area contributed by atoms with E-state index in [1.807, 2.05) is 0 Å². The predicted molar refractivity (Wildman–Crippen MR) is 57.8 cm³/mol. The minimum absolute atomic E-state index is 0.589. The van der Waals surface area contributed by atoms with Gasteiger partial charge in [0.15, 0.2) is 0 Å². The summed E-state index contributed by atoms with van der Waals surface area (Å²) in [5, 5.41) is 0. The van der Waals surface area contributed by atoms with Crippen LogP contribution >= 0.6 is 0 Å². The zero-order valence-corrected chi connectivity index (χ0v) is 9.38. The molecule has 2 unspecified atom stereocenters. The summed E-state index contributed by atoms with van der Waals surface area (Å²) < 4.78 is 0. The Balaban J connectivity index is 3.27. The third-order valence-electron chi connectivity index (χ3n) is 2.67. The van der Waals surface area contributed by atoms with Crippen molar-refractivity contribution in [3.05, 3.63) is 0 Å². The second-order valence-corrected chi connectivity index (χ2v) is 4.33. The highest BCUT2D eigenvalue weighted by molar-refractivity contribution is 5.49. The molecule has 0 amide bonds. The molecule has 0 heterocycles. The number of hydrogen-bond donors (Lipinski definition) is 0. The first-order valence-electron chi connectivity index (χ1n) is 5.64. The molecule has 0 aliphatic rings. The molecule has 0 saturated heterocycles. The van der Waals surface area contributed by atoms with Crippen molar-refractivity contribution in [3.63, 3.8) is 0 Å². The summed E-state index contributed by atoms with van der Waals surface area (Å²) in [6.45, 7) is 6.73. The van der Waals surface area contributed by atoms with Crippen molar-refractivity contribution in [2.75, 3.05) is 0 Å². The number of aldehydes is 1. The molecule has 0 aromatic heterocycles. The zero-order chi connectivity index (χ0) is 10.1. The average molecular weight is 184 g/mol. The highest BCUT2D eigenvalue weighted by Crippen LogP contribution is 2.17. The van der Waals surface area contributed by atoms with Crippen LogP contribution in [0.1, 0.15) is 59.3 Å². The topological polar surface area (TPSA) is 17.1 Å². The van der Waals surface area contributed by atoms with Crippen molar-refractivity contribution in [1.29, 1.82) is 0 Å². The molecule has 0 bridgehead atoms. The summed E-state index contributed by atoms with van der Waals surface area (Å²) in [4.78, 5) is 10.2. The summed E-state index contributed by atoms with van der Waals surface area (Å²) in [5.41, 5.74) is 0. The van der Waals surface area contributed by atoms with Crippen molar-refractivity contribution in [3.8, 4) is 0 Å². The number of carbonyl (C=O) groups is 1. The van der Waals surface area contributed by atoms with Gasteiger partial charge in [-0.25, -0.2) is 0 Å². The molecular formula is C12H24O. The van der Waals surface area contributed by atoms with Crippen LogP contribution in [-0.4, -0.2) is 6.29 Å². The van der Waals surface area contributed by atoms with Gasteiger partial charge in [-0.15, -0.1) is 0 Å². The van der Waals surface area contributed by atoms with Gasteiger partial charge in [-0.3, -0.25) is 0 Å². The summed E-state index contributed by atoms with van der Waals surface area (Å²) in [5.74, 6) is 1.46. The van der Waals surface area contributed by atoms with Crippen molar-refractivity contribution in [1.82, 2.24) is 0 Å². The fourth-order valence-electron chi connectivity index (χ4n) is 1.73. The Labute approximate surface area is 82.9 Å². The molecule has 0 saturated carbocycles. The van der Waals surface area contributed by atoms with Crippen LogP contribution in [0.15, 0.2) is 0 Å². The van der Waals surface area contributed by atoms with Gasteiger partial charge in [0, 0.05) is 6.42 Å². The molecule has 0 rings (SSSR count). The van der Waals surface area contributed by atoms with Crippen LogP contribution < -0.4 is 0 Å². The van der Waals surface area contributed by atoms with Gasteiger partial charge in [-0.05, 0) is 11.8 Å². The van der Waals surface area contributed by atoms with Crippen LogP contribution in [0.4, 0.5) is 0 Å². The third kappa shape index (κ3) is 8.01. The fraction of sp³-hybridized carbons (Fsp3) is 0.917. The van der Waals surface area contributed by atoms with E-state index in [1.165, 1.54) is 32.1 Å². The Morgan fingerprint density at radius 3 is 2.23 bits per heavy atom. The molecule has 0 N–H and O–H groups in total. The molecule has 0 aromatic carbocycles. The maximum absolute atomic E-state index is 10.2. The molecule has 0 aliphatic heterocycles. The summed E-state index contributed by atoms with van der Waals surface area (Å²) in [6.07, 6.45) is 8.26. The monoisotopic (exact) mass is 184 g/mol. The predicted octanol–water partition coefficient (Wildman–Crippen LogP) is 3.82. The van der Waals surface area contributed by atoms with Gasteiger partial charge in [0.1, 0.15) is 6.29 Å². The Kier molecular flexibility index (Phi) is 8.07. The van der Waals surface area contributed by atoms with Crippen molar-refractivity contribution in [2.45, 2.75) is 59.3 Å². The first-order valence-corrected chi connectivity index (χ1v) is 5.64. The van der Waals surface area contributed by atoms with Crippen LogP contribution in [-0.2, 0) is 4.79 Å². The highest BCUT2D eigenvalue weighted by Gasteiger charge is 2.03. The number of carbonyl (C=O) groups excluding carboxylic acids is 1. The molecule has 1 nitrogen and oxygen atoms in total. The van der Waals surface area contributed by atoms with E-state index in [0.717, 1.165) is 18.6 Å². The van der Waals surface area contributed by atoms with Gasteiger partial charge in [0.05, 0.1) is 0 Å². The lowest BCUT2D eigenvalue weighted by Crippen LogP contribution is -1.98. The lowest BCUT2D eigenvalue weighted by molar-refractivity contribution is -0.108. The van der Waals surface area contributed by atoms with Crippen LogP contribution in [0, 0.1) is 11.8 Å². The average Bonchev–Trinajstić information content (AvgIpc) is 2.05. The first-order chi connectivity index (χ1) is 6.20. The van der Waals surface area contributed by atoms with E-state index in [1.54, 1.807) is 0 Å². The van der Waals surface area contributed by atoms with E-state index in [0.29, 0.717) is 5.92 Å². The van der Waals surface area contributed by atoms with E-state index in [9.17, 15) is 4.79 Å². The standard InChI is InChI=1S/C12H24O/c1-4-6-11(2)7-5-8-12(3)9-10-13/h10-12H,4-9H2,1-3H3. The molecule has 13 heavy (non-hydrogen) atoms. The Morgan fingerprint density at radius 2 is 1.69 bits per heavy atom. The maximum Gasteiger partial charge on any atom is 0.120 e. The Morgan fingerprint density at radius 1 is 1.08 bits per heavy atom. The third-order valence-corrected chi connectivity index (χ3v) is 2.67. The van der Waals surface area contributed by atoms with E-state index in [2.05, 4.69) is 20.8 Å². The molecule has 0 radical (unpaired) electrons. The largest absolute Gasteiger partial charge is 0.303 e. The smallest absolute Gasteiger partial charge is 0.120 e. The van der Waals surface area contributed by atoms with Crippen molar-refractivity contribution in [2.24, 2.45) is 11.8 Å². The molecule has 0 aliphatic carbocycles. The second kappa shape index (κ2) is 8.28. The van der Waals surface area contributed by atoms with Gasteiger partial charge in [-0.2, -0.15) is 0 Å². The lowest BCUT2D eigenvalue weighted by atomic mass is 9.95. The zero-order valence-electron chi connectivity index (χ0n) is 9.38. The second-order valence-electron chi connectivity index (χ2n) is 4.33. The summed E-state index contributed by atoms with van der Waals surface area (Å²) in [6, 6.07) is 0. The van der Waals surface area contributed by atoms with Gasteiger partial charge < -0.3 is 4.79 Å². The fourth-order valence-corrected chi connectivity index (χ4v) is 1.73. The molecule has 1 heteroatoms. The molecule has 0 spiro atoms. The van der Waals surface area contributed by atoms with E-state index in [-0.39, 0.29) is 0 Å². The Hall–Kier alpha value is -0.330. The number of hydrogen-bond acceptors (Lipinski definition) is 1. The number of rotatable bonds is 8. The van der Waals surface area contributed by atoms with Crippen LogP contribution in [0.3, 0.4) is 0 Å². The quantitative estimate of drug-likeness (QED) is 0.524. The van der Waals surface area contributed by atoms with Gasteiger partial charge in [0.25, 0.3) is 0 Å². The normalized spacial score (nSPS) is 15.3. The summed E-state index contributed by atoms with van der Waals surface area (Å²) in [7, 11) is 0. The van der Waals surface area contributed by atoms with Crippen molar-refractivity contribution >= 4 is 6.29 Å². The van der Waals surface area contributed by atoms with Crippen LogP contribution in [0.2, 0.25) is 0 Å². The Bertz CT molecular complexity index is 120. The lowest BCUT2D eigenvalue weighted by Gasteiger charge is -2.11. The molecule has 2 atom stereocenters. The first kappa shape index (κ1) is 12.7. The minimum atomic E-state index is 0.589. The highest BCUT2D eigenvalue weighted by atomic mass is 16.1. The van der Waals surface area contributed by atoms with E-state index in [4.69, 9.17) is 0 Å². The maximum atomic E-state index is 10.2. The molecule has 0 aromatic rings. The van der Waals surface area contributed by atoms with Gasteiger partial charge in [0.2, 0.25) is 0 Å². The van der Waals surface area contributed by atoms with Gasteiger partial charge >= 0.3 is 0 Å². The summed E-state index contributed by atoms with van der Waals surface area (Å²) >= 11 is 0. The molecular weight excluding hydrogens is 160 g/mol. The van der Waals surface area contributed by atoms with Crippen molar-refractivity contribution < 1.29 is 4.79 Å². The molecule has 78 valence electrons. The van der Waals surface area contributed by atoms with Crippen LogP contribution in [0.5, 0.6) is 0 Å². The van der Waals surface area contributed by atoms with E-state index >= 15 is 0 Å². The van der Waals surface area contributed by atoms with E-state index < -0.39 is 0 Å². The van der Waals surface area contributed by atoms with Crippen LogP contribution in [0.25, 0.3) is 0 Å². The minimum Gasteiger partial charge on any atom is -0.303 e. The van der Waals surface area contributed by atoms with Gasteiger partial charge in [-0.1, -0.05) is 52.9 Å². The molecule has 0 fully saturated rings. The SMILES string of the molecule is CCCC(C)CCCC(C)CC=O.